The number of anilines is 1. The summed E-state index contributed by atoms with van der Waals surface area (Å²) >= 11 is 0. The molecular formula is C12H16N6O3. The van der Waals surface area contributed by atoms with Gasteiger partial charge >= 0.3 is 5.97 Å². The summed E-state index contributed by atoms with van der Waals surface area (Å²) in [5, 5.41) is 22.9. The zero-order chi connectivity index (χ0) is 15.6. The molecule has 0 spiro atoms. The van der Waals surface area contributed by atoms with Crippen molar-refractivity contribution in [2.75, 3.05) is 5.32 Å². The molecular weight excluding hydrogens is 276 g/mol. The Morgan fingerprint density at radius 2 is 2.14 bits per heavy atom. The van der Waals surface area contributed by atoms with Gasteiger partial charge in [-0.2, -0.15) is 5.10 Å². The molecule has 0 aliphatic carbocycles. The number of amides is 1. The molecule has 0 fully saturated rings. The molecule has 0 aliphatic rings. The number of hydrogen-bond acceptors (Lipinski definition) is 5. The van der Waals surface area contributed by atoms with Gasteiger partial charge < -0.3 is 10.4 Å². The van der Waals surface area contributed by atoms with Crippen LogP contribution in [0.1, 0.15) is 36.1 Å². The van der Waals surface area contributed by atoms with Gasteiger partial charge in [0.25, 0.3) is 0 Å². The molecule has 2 N–H and O–H groups in total. The monoisotopic (exact) mass is 292 g/mol. The summed E-state index contributed by atoms with van der Waals surface area (Å²) < 4.78 is 2.92. The van der Waals surface area contributed by atoms with Crippen LogP contribution >= 0.6 is 0 Å². The molecule has 0 unspecified atom stereocenters. The number of carboxylic acid groups (broad SMARTS) is 1. The molecule has 0 bridgehead atoms. The van der Waals surface area contributed by atoms with Crippen molar-refractivity contribution in [2.24, 2.45) is 0 Å². The highest BCUT2D eigenvalue weighted by molar-refractivity contribution is 5.90. The number of rotatable bonds is 5. The van der Waals surface area contributed by atoms with Crippen LogP contribution in [-0.2, 0) is 11.3 Å². The van der Waals surface area contributed by atoms with Gasteiger partial charge in [0.1, 0.15) is 12.4 Å². The number of aromatic carboxylic acids is 1. The summed E-state index contributed by atoms with van der Waals surface area (Å²) in [6.07, 6.45) is 1.60. The molecule has 21 heavy (non-hydrogen) atoms. The summed E-state index contributed by atoms with van der Waals surface area (Å²) in [5.74, 6) is -0.925. The Bertz CT molecular complexity index is 672. The Labute approximate surface area is 120 Å². The first-order valence-corrected chi connectivity index (χ1v) is 6.37. The molecule has 1 amide bonds. The van der Waals surface area contributed by atoms with E-state index in [-0.39, 0.29) is 24.2 Å². The number of carbonyl (C=O) groups excluding carboxylic acids is 1. The van der Waals surface area contributed by atoms with Crippen molar-refractivity contribution in [2.45, 2.75) is 33.4 Å². The van der Waals surface area contributed by atoms with E-state index in [1.165, 1.54) is 4.68 Å². The van der Waals surface area contributed by atoms with E-state index in [2.05, 4.69) is 20.7 Å². The number of nitrogens with zero attached hydrogens (tertiary/aromatic N) is 5. The van der Waals surface area contributed by atoms with E-state index in [1.54, 1.807) is 23.9 Å². The number of carbonyl (C=O) groups is 2. The molecule has 0 aromatic carbocycles. The van der Waals surface area contributed by atoms with E-state index >= 15 is 0 Å². The van der Waals surface area contributed by atoms with Crippen molar-refractivity contribution in [3.8, 4) is 0 Å². The van der Waals surface area contributed by atoms with Gasteiger partial charge in [0, 0.05) is 12.1 Å². The lowest BCUT2D eigenvalue weighted by molar-refractivity contribution is -0.117. The fraction of sp³-hybridized carbons (Fsp3) is 0.417. The standard InChI is InChI=1S/C12H16N6O3/c1-7(2)18-9(4-5-13-18)14-10(19)6-17-8(3)11(12(20)21)15-16-17/h4-5,7H,6H2,1-3H3,(H,14,19)(H,20,21). The van der Waals surface area contributed by atoms with Crippen LogP contribution in [0.4, 0.5) is 5.82 Å². The maximum absolute atomic E-state index is 12.0. The largest absolute Gasteiger partial charge is 0.476 e. The highest BCUT2D eigenvalue weighted by Crippen LogP contribution is 2.13. The predicted molar refractivity (Wildman–Crippen MR) is 73.0 cm³/mol. The molecule has 0 atom stereocenters. The van der Waals surface area contributed by atoms with E-state index in [1.807, 2.05) is 13.8 Å². The minimum atomic E-state index is -1.17. The zero-order valence-corrected chi connectivity index (χ0v) is 11.9. The Balaban J connectivity index is 2.09. The maximum Gasteiger partial charge on any atom is 0.358 e. The first kappa shape index (κ1) is 14.7. The van der Waals surface area contributed by atoms with Gasteiger partial charge in [0.15, 0.2) is 5.69 Å². The van der Waals surface area contributed by atoms with E-state index in [9.17, 15) is 9.59 Å². The van der Waals surface area contributed by atoms with Crippen LogP contribution in [0.25, 0.3) is 0 Å². The fourth-order valence-corrected chi connectivity index (χ4v) is 1.85. The normalized spacial score (nSPS) is 10.9. The fourth-order valence-electron chi connectivity index (χ4n) is 1.85. The van der Waals surface area contributed by atoms with Crippen LogP contribution in [-0.4, -0.2) is 41.8 Å². The molecule has 112 valence electrons. The number of hydrogen-bond donors (Lipinski definition) is 2. The third kappa shape index (κ3) is 3.07. The molecule has 0 saturated heterocycles. The smallest absolute Gasteiger partial charge is 0.358 e. The molecule has 2 heterocycles. The highest BCUT2D eigenvalue weighted by atomic mass is 16.4. The second kappa shape index (κ2) is 5.73. The third-order valence-corrected chi connectivity index (χ3v) is 2.91. The topological polar surface area (TPSA) is 115 Å². The van der Waals surface area contributed by atoms with E-state index in [0.717, 1.165) is 0 Å². The second-order valence-electron chi connectivity index (χ2n) is 4.79. The highest BCUT2D eigenvalue weighted by Gasteiger charge is 2.17. The Kier molecular flexibility index (Phi) is 4.01. The third-order valence-electron chi connectivity index (χ3n) is 2.91. The summed E-state index contributed by atoms with van der Waals surface area (Å²) in [4.78, 5) is 22.9. The van der Waals surface area contributed by atoms with Crippen LogP contribution in [0.2, 0.25) is 0 Å². The lowest BCUT2D eigenvalue weighted by atomic mass is 10.3. The van der Waals surface area contributed by atoms with Crippen molar-refractivity contribution in [1.82, 2.24) is 24.8 Å². The van der Waals surface area contributed by atoms with Crippen molar-refractivity contribution in [3.05, 3.63) is 23.7 Å². The first-order valence-electron chi connectivity index (χ1n) is 6.37. The lowest BCUT2D eigenvalue weighted by Gasteiger charge is -2.11. The average Bonchev–Trinajstić information content (AvgIpc) is 2.97. The maximum atomic E-state index is 12.0. The molecule has 9 nitrogen and oxygen atoms in total. The predicted octanol–water partition coefficient (Wildman–Crippen LogP) is 0.701. The molecule has 0 aliphatic heterocycles. The van der Waals surface area contributed by atoms with Gasteiger partial charge in [0.2, 0.25) is 5.91 Å². The van der Waals surface area contributed by atoms with E-state index in [4.69, 9.17) is 5.11 Å². The Hall–Kier alpha value is -2.71. The van der Waals surface area contributed by atoms with Crippen LogP contribution < -0.4 is 5.32 Å². The van der Waals surface area contributed by atoms with Gasteiger partial charge in [-0.05, 0) is 20.8 Å². The van der Waals surface area contributed by atoms with Crippen LogP contribution in [0.5, 0.6) is 0 Å². The molecule has 2 aromatic heterocycles. The van der Waals surface area contributed by atoms with Gasteiger partial charge in [-0.15, -0.1) is 5.10 Å². The minimum absolute atomic E-state index is 0.113. The SMILES string of the molecule is Cc1c(C(=O)O)nnn1CC(=O)Nc1ccnn1C(C)C. The van der Waals surface area contributed by atoms with Crippen molar-refractivity contribution in [3.63, 3.8) is 0 Å². The summed E-state index contributed by atoms with van der Waals surface area (Å²) in [5.41, 5.74) is 0.171. The average molecular weight is 292 g/mol. The lowest BCUT2D eigenvalue weighted by Crippen LogP contribution is -2.22. The van der Waals surface area contributed by atoms with Crippen molar-refractivity contribution < 1.29 is 14.7 Å². The summed E-state index contributed by atoms with van der Waals surface area (Å²) in [6.45, 7) is 5.33. The number of nitrogens with one attached hydrogen (secondary N) is 1. The van der Waals surface area contributed by atoms with Crippen LogP contribution in [0.3, 0.4) is 0 Å². The van der Waals surface area contributed by atoms with Crippen LogP contribution in [0, 0.1) is 6.92 Å². The Morgan fingerprint density at radius 1 is 1.43 bits per heavy atom. The summed E-state index contributed by atoms with van der Waals surface area (Å²) in [6, 6.07) is 1.80. The second-order valence-corrected chi connectivity index (χ2v) is 4.79. The van der Waals surface area contributed by atoms with Crippen molar-refractivity contribution in [1.29, 1.82) is 0 Å². The van der Waals surface area contributed by atoms with Crippen LogP contribution in [0.15, 0.2) is 12.3 Å². The van der Waals surface area contributed by atoms with Gasteiger partial charge in [0.05, 0.1) is 11.9 Å². The quantitative estimate of drug-likeness (QED) is 0.838. The van der Waals surface area contributed by atoms with E-state index < -0.39 is 5.97 Å². The zero-order valence-electron chi connectivity index (χ0n) is 11.9. The molecule has 0 radical (unpaired) electrons. The molecule has 2 aromatic rings. The first-order chi connectivity index (χ1) is 9.90. The Morgan fingerprint density at radius 3 is 2.71 bits per heavy atom. The summed E-state index contributed by atoms with van der Waals surface area (Å²) in [7, 11) is 0. The molecule has 2 rings (SSSR count). The van der Waals surface area contributed by atoms with Gasteiger partial charge in [-0.1, -0.05) is 5.21 Å². The van der Waals surface area contributed by atoms with Gasteiger partial charge in [-0.3, -0.25) is 4.79 Å². The molecule has 0 saturated carbocycles. The van der Waals surface area contributed by atoms with Gasteiger partial charge in [-0.25, -0.2) is 14.2 Å². The number of carboxylic acids is 1. The number of aromatic nitrogens is 5. The van der Waals surface area contributed by atoms with E-state index in [0.29, 0.717) is 11.5 Å². The molecule has 9 heteroatoms. The minimum Gasteiger partial charge on any atom is -0.476 e. The van der Waals surface area contributed by atoms with Crippen molar-refractivity contribution >= 4 is 17.7 Å².